The number of benzene rings is 2. The Morgan fingerprint density at radius 3 is 2.22 bits per heavy atom. The number of rotatable bonds is 3. The van der Waals surface area contributed by atoms with Crippen molar-refractivity contribution in [2.45, 2.75) is 0 Å². The summed E-state index contributed by atoms with van der Waals surface area (Å²) in [5, 5.41) is 10.6. The number of non-ortho nitro benzene ring substituents is 1. The number of hydrogen-bond donors (Lipinski definition) is 1. The van der Waals surface area contributed by atoms with Crippen LogP contribution in [0, 0.1) is 10.1 Å². The first-order chi connectivity index (χ1) is 8.59. The Hall–Kier alpha value is -2.69. The molecule has 0 bridgehead atoms. The summed E-state index contributed by atoms with van der Waals surface area (Å²) in [6.07, 6.45) is 0. The summed E-state index contributed by atoms with van der Waals surface area (Å²) < 4.78 is 0. The van der Waals surface area contributed by atoms with Crippen molar-refractivity contribution in [2.75, 3.05) is 0 Å². The normalized spacial score (nSPS) is 10.0. The molecular weight excluding hydrogens is 232 g/mol. The summed E-state index contributed by atoms with van der Waals surface area (Å²) in [4.78, 5) is 21.4. The van der Waals surface area contributed by atoms with Crippen LogP contribution < -0.4 is 5.73 Å². The highest BCUT2D eigenvalue weighted by molar-refractivity contribution is 5.99. The topological polar surface area (TPSA) is 86.2 Å². The van der Waals surface area contributed by atoms with Crippen LogP contribution in [0.25, 0.3) is 11.1 Å². The molecule has 0 atom stereocenters. The molecular formula is C13H10N2O3. The Morgan fingerprint density at radius 1 is 1.06 bits per heavy atom. The maximum absolute atomic E-state index is 11.3. The van der Waals surface area contributed by atoms with Gasteiger partial charge in [0.1, 0.15) is 0 Å². The number of nitrogens with two attached hydrogens (primary N) is 1. The maximum atomic E-state index is 11.3. The predicted molar refractivity (Wildman–Crippen MR) is 67.1 cm³/mol. The lowest BCUT2D eigenvalue weighted by Crippen LogP contribution is -2.12. The van der Waals surface area contributed by atoms with E-state index < -0.39 is 10.8 Å². The highest BCUT2D eigenvalue weighted by atomic mass is 16.6. The second-order valence-corrected chi connectivity index (χ2v) is 3.71. The van der Waals surface area contributed by atoms with Gasteiger partial charge < -0.3 is 5.73 Å². The summed E-state index contributed by atoms with van der Waals surface area (Å²) >= 11 is 0. The van der Waals surface area contributed by atoms with Crippen LogP contribution in [-0.4, -0.2) is 10.8 Å². The van der Waals surface area contributed by atoms with Crippen LogP contribution >= 0.6 is 0 Å². The molecule has 18 heavy (non-hydrogen) atoms. The number of nitrogens with zero attached hydrogens (tertiary/aromatic N) is 1. The number of carbonyl (C=O) groups is 1. The predicted octanol–water partition coefficient (Wildman–Crippen LogP) is 2.36. The molecule has 2 aromatic carbocycles. The van der Waals surface area contributed by atoms with Crippen molar-refractivity contribution < 1.29 is 9.72 Å². The standard InChI is InChI=1S/C13H10N2O3/c14-13(16)12-4-2-1-3-11(12)9-5-7-10(8-6-9)15(17)18/h1-8H,(H2,14,16). The third-order valence-corrected chi connectivity index (χ3v) is 2.58. The molecule has 0 fully saturated rings. The smallest absolute Gasteiger partial charge is 0.269 e. The minimum absolute atomic E-state index is 0.00954. The van der Waals surface area contributed by atoms with Crippen molar-refractivity contribution in [1.82, 2.24) is 0 Å². The Bertz CT molecular complexity index is 606. The number of primary amides is 1. The highest BCUT2D eigenvalue weighted by Crippen LogP contribution is 2.25. The fraction of sp³-hybridized carbons (Fsp3) is 0. The van der Waals surface area contributed by atoms with Crippen LogP contribution in [0.15, 0.2) is 48.5 Å². The third kappa shape index (κ3) is 2.20. The van der Waals surface area contributed by atoms with Gasteiger partial charge in [-0.2, -0.15) is 0 Å². The van der Waals surface area contributed by atoms with E-state index in [0.717, 1.165) is 5.56 Å². The molecule has 90 valence electrons. The number of nitro groups is 1. The first-order valence-electron chi connectivity index (χ1n) is 5.23. The van der Waals surface area contributed by atoms with Crippen LogP contribution in [0.4, 0.5) is 5.69 Å². The van der Waals surface area contributed by atoms with E-state index in [2.05, 4.69) is 0 Å². The van der Waals surface area contributed by atoms with Gasteiger partial charge in [0.15, 0.2) is 0 Å². The molecule has 2 aromatic rings. The second-order valence-electron chi connectivity index (χ2n) is 3.71. The molecule has 2 N–H and O–H groups in total. The van der Waals surface area contributed by atoms with Gasteiger partial charge in [-0.25, -0.2) is 0 Å². The molecule has 0 heterocycles. The molecule has 1 amide bonds. The average molecular weight is 242 g/mol. The van der Waals surface area contributed by atoms with E-state index >= 15 is 0 Å². The number of hydrogen-bond acceptors (Lipinski definition) is 3. The summed E-state index contributed by atoms with van der Waals surface area (Å²) in [5.41, 5.74) is 7.07. The molecule has 0 unspecified atom stereocenters. The largest absolute Gasteiger partial charge is 0.366 e. The number of nitro benzene ring substituents is 1. The van der Waals surface area contributed by atoms with Gasteiger partial charge in [0.25, 0.3) is 5.69 Å². The van der Waals surface area contributed by atoms with Crippen LogP contribution in [0.2, 0.25) is 0 Å². The van der Waals surface area contributed by atoms with Gasteiger partial charge in [-0.1, -0.05) is 18.2 Å². The molecule has 0 aromatic heterocycles. The molecule has 0 aliphatic heterocycles. The summed E-state index contributed by atoms with van der Waals surface area (Å²) in [7, 11) is 0. The van der Waals surface area contributed by atoms with Crippen molar-refractivity contribution in [3.05, 3.63) is 64.2 Å². The molecule has 0 saturated heterocycles. The van der Waals surface area contributed by atoms with Crippen LogP contribution in [0.5, 0.6) is 0 Å². The lowest BCUT2D eigenvalue weighted by Gasteiger charge is -2.06. The van der Waals surface area contributed by atoms with Gasteiger partial charge in [0.2, 0.25) is 5.91 Å². The van der Waals surface area contributed by atoms with E-state index in [4.69, 9.17) is 5.73 Å². The van der Waals surface area contributed by atoms with Crippen molar-refractivity contribution in [3.63, 3.8) is 0 Å². The van der Waals surface area contributed by atoms with Gasteiger partial charge in [-0.05, 0) is 29.3 Å². The van der Waals surface area contributed by atoms with Gasteiger partial charge in [0, 0.05) is 17.7 Å². The van der Waals surface area contributed by atoms with Crippen molar-refractivity contribution in [1.29, 1.82) is 0 Å². The molecule has 0 aliphatic carbocycles. The zero-order valence-electron chi connectivity index (χ0n) is 9.37. The third-order valence-electron chi connectivity index (χ3n) is 2.58. The average Bonchev–Trinajstić information content (AvgIpc) is 2.39. The molecule has 0 radical (unpaired) electrons. The fourth-order valence-corrected chi connectivity index (χ4v) is 1.71. The molecule has 0 aliphatic rings. The van der Waals surface area contributed by atoms with E-state index in [1.807, 2.05) is 0 Å². The van der Waals surface area contributed by atoms with Crippen LogP contribution in [0.3, 0.4) is 0 Å². The number of carbonyl (C=O) groups excluding carboxylic acids is 1. The SMILES string of the molecule is NC(=O)c1ccccc1-c1ccc([N+](=O)[O-])cc1. The molecule has 0 saturated carbocycles. The van der Waals surface area contributed by atoms with E-state index in [0.29, 0.717) is 11.1 Å². The summed E-state index contributed by atoms with van der Waals surface area (Å²) in [6, 6.07) is 12.9. The highest BCUT2D eigenvalue weighted by Gasteiger charge is 2.10. The fourth-order valence-electron chi connectivity index (χ4n) is 1.71. The first kappa shape index (κ1) is 11.8. The Kier molecular flexibility index (Phi) is 3.05. The summed E-state index contributed by atoms with van der Waals surface area (Å²) in [6.45, 7) is 0. The Balaban J connectivity index is 2.49. The van der Waals surface area contributed by atoms with E-state index in [1.165, 1.54) is 12.1 Å². The lowest BCUT2D eigenvalue weighted by atomic mass is 9.99. The van der Waals surface area contributed by atoms with E-state index in [9.17, 15) is 14.9 Å². The molecule has 5 heteroatoms. The van der Waals surface area contributed by atoms with Gasteiger partial charge in [0.05, 0.1) is 4.92 Å². The van der Waals surface area contributed by atoms with Crippen LogP contribution in [-0.2, 0) is 0 Å². The zero-order valence-corrected chi connectivity index (χ0v) is 9.37. The minimum Gasteiger partial charge on any atom is -0.366 e. The van der Waals surface area contributed by atoms with E-state index in [1.54, 1.807) is 36.4 Å². The monoisotopic (exact) mass is 242 g/mol. The first-order valence-corrected chi connectivity index (χ1v) is 5.23. The van der Waals surface area contributed by atoms with Crippen molar-refractivity contribution >= 4 is 11.6 Å². The second kappa shape index (κ2) is 4.67. The number of amides is 1. The van der Waals surface area contributed by atoms with E-state index in [-0.39, 0.29) is 5.69 Å². The summed E-state index contributed by atoms with van der Waals surface area (Å²) in [5.74, 6) is -0.524. The maximum Gasteiger partial charge on any atom is 0.269 e. The van der Waals surface area contributed by atoms with Gasteiger partial charge in [-0.15, -0.1) is 0 Å². The van der Waals surface area contributed by atoms with Crippen molar-refractivity contribution in [2.24, 2.45) is 5.73 Å². The minimum atomic E-state index is -0.524. The zero-order chi connectivity index (χ0) is 13.1. The Morgan fingerprint density at radius 2 is 1.67 bits per heavy atom. The molecule has 0 spiro atoms. The van der Waals surface area contributed by atoms with Gasteiger partial charge >= 0.3 is 0 Å². The van der Waals surface area contributed by atoms with Crippen molar-refractivity contribution in [3.8, 4) is 11.1 Å². The quantitative estimate of drug-likeness (QED) is 0.662. The lowest BCUT2D eigenvalue weighted by molar-refractivity contribution is -0.384. The van der Waals surface area contributed by atoms with Crippen LogP contribution in [0.1, 0.15) is 10.4 Å². The molecule has 2 rings (SSSR count). The Labute approximate surface area is 103 Å². The van der Waals surface area contributed by atoms with Gasteiger partial charge in [-0.3, -0.25) is 14.9 Å². The molecule has 5 nitrogen and oxygen atoms in total.